The molecule has 0 N–H and O–H groups in total. The number of thioether (sulfide) groups is 1. The van der Waals surface area contributed by atoms with E-state index in [1.54, 1.807) is 18.0 Å². The van der Waals surface area contributed by atoms with Gasteiger partial charge in [0.1, 0.15) is 5.03 Å². The van der Waals surface area contributed by atoms with Crippen LogP contribution in [0.15, 0.2) is 27.8 Å². The van der Waals surface area contributed by atoms with E-state index in [4.69, 9.17) is 5.26 Å². The highest BCUT2D eigenvalue weighted by Crippen LogP contribution is 2.39. The van der Waals surface area contributed by atoms with Gasteiger partial charge in [-0.2, -0.15) is 5.26 Å². The average Bonchev–Trinajstić information content (AvgIpc) is 2.69. The maximum Gasteiger partial charge on any atom is 0.110 e. The second-order valence-corrected chi connectivity index (χ2v) is 5.70. The molecule has 1 aliphatic rings. The van der Waals surface area contributed by atoms with Gasteiger partial charge in [-0.3, -0.25) is 0 Å². The van der Waals surface area contributed by atoms with E-state index in [0.717, 1.165) is 22.3 Å². The number of nitriles is 1. The van der Waals surface area contributed by atoms with E-state index in [9.17, 15) is 0 Å². The lowest BCUT2D eigenvalue weighted by Gasteiger charge is -2.12. The summed E-state index contributed by atoms with van der Waals surface area (Å²) in [5.74, 6) is 0.198. The van der Waals surface area contributed by atoms with Crippen LogP contribution in [0.5, 0.6) is 0 Å². The second kappa shape index (κ2) is 5.00. The number of hydrogen-bond acceptors (Lipinski definition) is 3. The van der Waals surface area contributed by atoms with E-state index in [1.165, 1.54) is 6.42 Å². The van der Waals surface area contributed by atoms with Crippen LogP contribution in [0.1, 0.15) is 19.3 Å². The quantitative estimate of drug-likeness (QED) is 0.831. The van der Waals surface area contributed by atoms with Crippen molar-refractivity contribution in [2.75, 3.05) is 0 Å². The highest BCUT2D eigenvalue weighted by molar-refractivity contribution is 9.10. The molecule has 0 bridgehead atoms. The Balaban J connectivity index is 2.09. The van der Waals surface area contributed by atoms with Gasteiger partial charge in [-0.25, -0.2) is 4.98 Å². The number of rotatable bonds is 2. The molecule has 1 heterocycles. The number of pyridine rings is 1. The molecule has 78 valence electrons. The molecule has 4 heteroatoms. The van der Waals surface area contributed by atoms with Crippen LogP contribution < -0.4 is 0 Å². The van der Waals surface area contributed by atoms with Crippen LogP contribution in [0, 0.1) is 17.2 Å². The second-order valence-electron chi connectivity index (χ2n) is 3.61. The van der Waals surface area contributed by atoms with E-state index in [1.807, 2.05) is 12.1 Å². The van der Waals surface area contributed by atoms with Crippen molar-refractivity contribution in [3.63, 3.8) is 0 Å². The third-order valence-electron chi connectivity index (χ3n) is 2.61. The largest absolute Gasteiger partial charge is 0.249 e. The highest BCUT2D eigenvalue weighted by Gasteiger charge is 2.28. The molecule has 1 aromatic heterocycles. The molecule has 1 saturated carbocycles. The van der Waals surface area contributed by atoms with E-state index in [0.29, 0.717) is 5.25 Å². The van der Waals surface area contributed by atoms with E-state index in [-0.39, 0.29) is 5.92 Å². The molecule has 1 fully saturated rings. The summed E-state index contributed by atoms with van der Waals surface area (Å²) in [5.41, 5.74) is 0. The minimum Gasteiger partial charge on any atom is -0.249 e. The molecule has 0 spiro atoms. The fraction of sp³-hybridized carbons (Fsp3) is 0.455. The van der Waals surface area contributed by atoms with E-state index < -0.39 is 0 Å². The predicted octanol–water partition coefficient (Wildman–Crippen LogP) is 3.63. The third-order valence-corrected chi connectivity index (χ3v) is 4.92. The lowest BCUT2D eigenvalue weighted by atomic mass is 10.1. The van der Waals surface area contributed by atoms with Crippen LogP contribution in [-0.4, -0.2) is 10.2 Å². The smallest absolute Gasteiger partial charge is 0.110 e. The van der Waals surface area contributed by atoms with Gasteiger partial charge in [-0.15, -0.1) is 11.8 Å². The van der Waals surface area contributed by atoms with E-state index >= 15 is 0 Å². The number of nitrogens with zero attached hydrogens (tertiary/aromatic N) is 2. The van der Waals surface area contributed by atoms with Crippen molar-refractivity contribution in [1.82, 2.24) is 4.98 Å². The Labute approximate surface area is 102 Å². The summed E-state index contributed by atoms with van der Waals surface area (Å²) >= 11 is 5.21. The summed E-state index contributed by atoms with van der Waals surface area (Å²) in [6.45, 7) is 0. The first-order chi connectivity index (χ1) is 7.31. The molecular weight excluding hydrogens is 272 g/mol. The molecule has 1 aliphatic carbocycles. The fourth-order valence-electron chi connectivity index (χ4n) is 1.82. The Morgan fingerprint density at radius 1 is 1.53 bits per heavy atom. The monoisotopic (exact) mass is 282 g/mol. The predicted molar refractivity (Wildman–Crippen MR) is 64.5 cm³/mol. The Hall–Kier alpha value is -0.530. The van der Waals surface area contributed by atoms with Crippen molar-refractivity contribution in [2.45, 2.75) is 29.5 Å². The molecule has 1 aromatic rings. The molecular formula is C11H11BrN2S. The molecule has 0 aliphatic heterocycles. The average molecular weight is 283 g/mol. The molecule has 0 saturated heterocycles. The van der Waals surface area contributed by atoms with Gasteiger partial charge in [0.15, 0.2) is 0 Å². The summed E-state index contributed by atoms with van der Waals surface area (Å²) in [7, 11) is 0. The summed E-state index contributed by atoms with van der Waals surface area (Å²) in [6.07, 6.45) is 5.13. The van der Waals surface area contributed by atoms with Crippen molar-refractivity contribution in [2.24, 2.45) is 5.92 Å². The molecule has 15 heavy (non-hydrogen) atoms. The van der Waals surface area contributed by atoms with Gasteiger partial charge in [0.05, 0.1) is 12.0 Å². The lowest BCUT2D eigenvalue weighted by Crippen LogP contribution is -2.07. The van der Waals surface area contributed by atoms with Crippen LogP contribution in [0.25, 0.3) is 0 Å². The summed E-state index contributed by atoms with van der Waals surface area (Å²) in [5, 5.41) is 10.4. The van der Waals surface area contributed by atoms with Crippen molar-refractivity contribution in [3.05, 3.63) is 22.8 Å². The Morgan fingerprint density at radius 2 is 2.40 bits per heavy atom. The topological polar surface area (TPSA) is 36.7 Å². The molecule has 0 radical (unpaired) electrons. The Morgan fingerprint density at radius 3 is 3.13 bits per heavy atom. The molecule has 0 aromatic carbocycles. The van der Waals surface area contributed by atoms with Gasteiger partial charge in [-0.1, -0.05) is 6.42 Å². The normalized spacial score (nSPS) is 25.1. The van der Waals surface area contributed by atoms with Crippen molar-refractivity contribution in [3.8, 4) is 6.07 Å². The maximum atomic E-state index is 8.99. The van der Waals surface area contributed by atoms with Crippen LogP contribution in [0.4, 0.5) is 0 Å². The van der Waals surface area contributed by atoms with Gasteiger partial charge < -0.3 is 0 Å². The standard InChI is InChI=1S/C11H11BrN2S/c12-9-4-2-6-14-11(9)15-10-5-1-3-8(10)7-13/h2,4,6,8,10H,1,3,5H2. The van der Waals surface area contributed by atoms with Crippen LogP contribution in [0.2, 0.25) is 0 Å². The molecule has 2 atom stereocenters. The Kier molecular flexibility index (Phi) is 3.66. The zero-order chi connectivity index (χ0) is 10.7. The van der Waals surface area contributed by atoms with Gasteiger partial charge in [-0.05, 0) is 40.9 Å². The number of hydrogen-bond donors (Lipinski definition) is 0. The first-order valence-corrected chi connectivity index (χ1v) is 6.65. The van der Waals surface area contributed by atoms with Crippen molar-refractivity contribution < 1.29 is 0 Å². The zero-order valence-electron chi connectivity index (χ0n) is 8.19. The van der Waals surface area contributed by atoms with Crippen LogP contribution in [-0.2, 0) is 0 Å². The van der Waals surface area contributed by atoms with Crippen LogP contribution >= 0.6 is 27.7 Å². The fourth-order valence-corrected chi connectivity index (χ4v) is 3.59. The van der Waals surface area contributed by atoms with Crippen molar-refractivity contribution in [1.29, 1.82) is 5.26 Å². The molecule has 2 rings (SSSR count). The summed E-state index contributed by atoms with van der Waals surface area (Å²) < 4.78 is 1.03. The minimum atomic E-state index is 0.198. The van der Waals surface area contributed by atoms with Gasteiger partial charge in [0.25, 0.3) is 0 Å². The first kappa shape index (κ1) is 11.0. The minimum absolute atomic E-state index is 0.198. The van der Waals surface area contributed by atoms with Gasteiger partial charge in [0, 0.05) is 15.9 Å². The van der Waals surface area contributed by atoms with Gasteiger partial charge >= 0.3 is 0 Å². The zero-order valence-corrected chi connectivity index (χ0v) is 10.6. The lowest BCUT2D eigenvalue weighted by molar-refractivity contribution is 0.713. The molecule has 2 unspecified atom stereocenters. The summed E-state index contributed by atoms with van der Waals surface area (Å²) in [4.78, 5) is 4.32. The maximum absolute atomic E-state index is 8.99. The van der Waals surface area contributed by atoms with Gasteiger partial charge in [0.2, 0.25) is 0 Å². The summed E-state index contributed by atoms with van der Waals surface area (Å²) in [6, 6.07) is 6.29. The van der Waals surface area contributed by atoms with Crippen molar-refractivity contribution >= 4 is 27.7 Å². The van der Waals surface area contributed by atoms with Crippen LogP contribution in [0.3, 0.4) is 0 Å². The SMILES string of the molecule is N#CC1CCCC1Sc1ncccc1Br. The number of aromatic nitrogens is 1. The highest BCUT2D eigenvalue weighted by atomic mass is 79.9. The molecule has 2 nitrogen and oxygen atoms in total. The first-order valence-electron chi connectivity index (χ1n) is 4.98. The Bertz CT molecular complexity index is 388. The van der Waals surface area contributed by atoms with E-state index in [2.05, 4.69) is 27.0 Å². The third kappa shape index (κ3) is 2.53. The molecule has 0 amide bonds. The number of halogens is 1.